The highest BCUT2D eigenvalue weighted by Crippen LogP contribution is 2.08. The van der Waals surface area contributed by atoms with E-state index in [1.165, 1.54) is 9.13 Å². The van der Waals surface area contributed by atoms with Crippen molar-refractivity contribution >= 4 is 22.6 Å². The molecule has 1 N–H and O–H groups in total. The predicted octanol–water partition coefficient (Wildman–Crippen LogP) is 2.21. The summed E-state index contributed by atoms with van der Waals surface area (Å²) in [7, 11) is 1.00. The van der Waals surface area contributed by atoms with Gasteiger partial charge in [-0.15, -0.1) is 0 Å². The zero-order valence-corrected chi connectivity index (χ0v) is 8.29. The van der Waals surface area contributed by atoms with Crippen LogP contribution in [-0.4, -0.2) is 12.2 Å². The molecule has 56 valence electrons. The number of halogens is 1. The van der Waals surface area contributed by atoms with Crippen molar-refractivity contribution in [3.8, 4) is 0 Å². The maximum atomic E-state index is 7.00. The summed E-state index contributed by atoms with van der Waals surface area (Å²) in [6.45, 7) is 2.11. The van der Waals surface area contributed by atoms with E-state index in [9.17, 15) is 0 Å². The van der Waals surface area contributed by atoms with Gasteiger partial charge in [-0.05, 0) is 41.1 Å². The molecule has 1 rings (SSSR count). The number of aliphatic hydroxyl groups excluding tert-OH is 1. The second kappa shape index (κ2) is 5.68. The third-order valence-corrected chi connectivity index (χ3v) is 2.29. The van der Waals surface area contributed by atoms with Crippen LogP contribution in [0.1, 0.15) is 5.56 Å². The fourth-order valence-corrected chi connectivity index (χ4v) is 0.938. The smallest absolute Gasteiger partial charge is 0.0319 e. The SMILES string of the molecule is CO.Cc1ccccc1I. The molecule has 1 nitrogen and oxygen atoms in total. The van der Waals surface area contributed by atoms with Gasteiger partial charge >= 0.3 is 0 Å². The molecule has 0 aliphatic carbocycles. The molecule has 0 saturated carbocycles. The molecule has 0 saturated heterocycles. The molecule has 0 unspecified atom stereocenters. The first-order valence-corrected chi connectivity index (χ1v) is 4.04. The summed E-state index contributed by atoms with van der Waals surface area (Å²) in [5, 5.41) is 7.00. The molecule has 0 atom stereocenters. The molecule has 0 aliphatic rings. The van der Waals surface area contributed by atoms with Crippen molar-refractivity contribution in [3.05, 3.63) is 33.4 Å². The van der Waals surface area contributed by atoms with Gasteiger partial charge in [-0.1, -0.05) is 18.2 Å². The molecule has 0 spiro atoms. The number of aliphatic hydroxyl groups is 1. The summed E-state index contributed by atoms with van der Waals surface area (Å²) in [6, 6.07) is 8.32. The van der Waals surface area contributed by atoms with E-state index in [-0.39, 0.29) is 0 Å². The Labute approximate surface area is 75.2 Å². The minimum atomic E-state index is 1.00. The lowest BCUT2D eigenvalue weighted by atomic mass is 10.2. The van der Waals surface area contributed by atoms with E-state index in [0.29, 0.717) is 0 Å². The van der Waals surface area contributed by atoms with Crippen LogP contribution >= 0.6 is 22.6 Å². The Morgan fingerprint density at radius 3 is 2.00 bits per heavy atom. The third-order valence-electron chi connectivity index (χ3n) is 1.08. The normalized spacial score (nSPS) is 8.00. The number of rotatable bonds is 0. The molecular formula is C8H11IO. The van der Waals surface area contributed by atoms with E-state index in [0.717, 1.165) is 7.11 Å². The Balaban J connectivity index is 0.000000371. The van der Waals surface area contributed by atoms with Gasteiger partial charge in [-0.25, -0.2) is 0 Å². The Kier molecular flexibility index (Phi) is 5.63. The topological polar surface area (TPSA) is 20.2 Å². The van der Waals surface area contributed by atoms with E-state index in [1.807, 2.05) is 0 Å². The summed E-state index contributed by atoms with van der Waals surface area (Å²) in [5.41, 5.74) is 1.35. The standard InChI is InChI=1S/C7H7I.CH4O/c1-6-4-2-3-5-7(6)8;1-2/h2-5H,1H3;2H,1H3. The van der Waals surface area contributed by atoms with Crippen LogP contribution in [0.3, 0.4) is 0 Å². The van der Waals surface area contributed by atoms with Crippen LogP contribution in [0.5, 0.6) is 0 Å². The molecule has 2 heteroatoms. The van der Waals surface area contributed by atoms with Crippen LogP contribution in [0.15, 0.2) is 24.3 Å². The largest absolute Gasteiger partial charge is 0.400 e. The molecule has 0 fully saturated rings. The number of hydrogen-bond acceptors (Lipinski definition) is 1. The third kappa shape index (κ3) is 3.17. The summed E-state index contributed by atoms with van der Waals surface area (Å²) >= 11 is 2.32. The van der Waals surface area contributed by atoms with E-state index < -0.39 is 0 Å². The van der Waals surface area contributed by atoms with Gasteiger partial charge in [0.2, 0.25) is 0 Å². The highest BCUT2D eigenvalue weighted by Gasteiger charge is 1.85. The zero-order chi connectivity index (χ0) is 7.98. The van der Waals surface area contributed by atoms with Crippen molar-refractivity contribution in [1.82, 2.24) is 0 Å². The number of benzene rings is 1. The molecular weight excluding hydrogens is 239 g/mol. The van der Waals surface area contributed by atoms with E-state index in [4.69, 9.17) is 5.11 Å². The van der Waals surface area contributed by atoms with E-state index >= 15 is 0 Å². The van der Waals surface area contributed by atoms with Gasteiger partial charge in [0.05, 0.1) is 0 Å². The first kappa shape index (κ1) is 9.91. The van der Waals surface area contributed by atoms with Crippen LogP contribution in [0, 0.1) is 10.5 Å². The summed E-state index contributed by atoms with van der Waals surface area (Å²) in [4.78, 5) is 0. The number of hydrogen-bond donors (Lipinski definition) is 1. The predicted molar refractivity (Wildman–Crippen MR) is 52.0 cm³/mol. The Hall–Kier alpha value is -0.0900. The first-order chi connectivity index (χ1) is 4.80. The molecule has 0 amide bonds. The molecule has 1 aromatic carbocycles. The van der Waals surface area contributed by atoms with Crippen molar-refractivity contribution in [3.63, 3.8) is 0 Å². The second-order valence-electron chi connectivity index (χ2n) is 1.75. The highest BCUT2D eigenvalue weighted by molar-refractivity contribution is 14.1. The Morgan fingerprint density at radius 2 is 1.70 bits per heavy atom. The molecule has 0 aromatic heterocycles. The van der Waals surface area contributed by atoms with Gasteiger partial charge in [-0.3, -0.25) is 0 Å². The second-order valence-corrected chi connectivity index (χ2v) is 2.91. The van der Waals surface area contributed by atoms with Crippen LogP contribution in [0.4, 0.5) is 0 Å². The van der Waals surface area contributed by atoms with Gasteiger partial charge in [0.25, 0.3) is 0 Å². The first-order valence-electron chi connectivity index (χ1n) is 2.96. The quantitative estimate of drug-likeness (QED) is 0.700. The van der Waals surface area contributed by atoms with Gasteiger partial charge in [0, 0.05) is 10.7 Å². The van der Waals surface area contributed by atoms with Crippen molar-refractivity contribution in [2.45, 2.75) is 6.92 Å². The molecule has 10 heavy (non-hydrogen) atoms. The molecule has 0 radical (unpaired) electrons. The summed E-state index contributed by atoms with van der Waals surface area (Å²) < 4.78 is 1.34. The lowest BCUT2D eigenvalue weighted by Crippen LogP contribution is -1.74. The average Bonchev–Trinajstić information content (AvgIpc) is 2.00. The fourth-order valence-electron chi connectivity index (χ4n) is 0.551. The van der Waals surface area contributed by atoms with Crippen LogP contribution < -0.4 is 0 Å². The van der Waals surface area contributed by atoms with Crippen molar-refractivity contribution < 1.29 is 5.11 Å². The summed E-state index contributed by atoms with van der Waals surface area (Å²) in [6.07, 6.45) is 0. The van der Waals surface area contributed by atoms with Crippen molar-refractivity contribution in [2.75, 3.05) is 7.11 Å². The van der Waals surface area contributed by atoms with Crippen molar-refractivity contribution in [2.24, 2.45) is 0 Å². The average molecular weight is 250 g/mol. The number of aryl methyl sites for hydroxylation is 1. The van der Waals surface area contributed by atoms with Gasteiger partial charge in [0.1, 0.15) is 0 Å². The minimum absolute atomic E-state index is 1.00. The minimum Gasteiger partial charge on any atom is -0.400 e. The highest BCUT2D eigenvalue weighted by atomic mass is 127. The van der Waals surface area contributed by atoms with Gasteiger partial charge in [0.15, 0.2) is 0 Å². The van der Waals surface area contributed by atoms with E-state index in [2.05, 4.69) is 53.8 Å². The Morgan fingerprint density at radius 1 is 1.20 bits per heavy atom. The molecule has 0 bridgehead atoms. The van der Waals surface area contributed by atoms with Crippen LogP contribution in [0.25, 0.3) is 0 Å². The molecule has 0 heterocycles. The monoisotopic (exact) mass is 250 g/mol. The van der Waals surface area contributed by atoms with E-state index in [1.54, 1.807) is 0 Å². The van der Waals surface area contributed by atoms with Gasteiger partial charge < -0.3 is 5.11 Å². The summed E-state index contributed by atoms with van der Waals surface area (Å²) in [5.74, 6) is 0. The zero-order valence-electron chi connectivity index (χ0n) is 6.13. The van der Waals surface area contributed by atoms with Crippen LogP contribution in [0.2, 0.25) is 0 Å². The molecule has 1 aromatic rings. The molecule has 0 aliphatic heterocycles. The Bertz CT molecular complexity index is 165. The van der Waals surface area contributed by atoms with Gasteiger partial charge in [-0.2, -0.15) is 0 Å². The maximum Gasteiger partial charge on any atom is 0.0319 e. The maximum absolute atomic E-state index is 7.00. The van der Waals surface area contributed by atoms with Crippen LogP contribution in [-0.2, 0) is 0 Å². The lowest BCUT2D eigenvalue weighted by molar-refractivity contribution is 0.399. The fraction of sp³-hybridized carbons (Fsp3) is 0.250. The lowest BCUT2D eigenvalue weighted by Gasteiger charge is -1.91. The van der Waals surface area contributed by atoms with Crippen molar-refractivity contribution in [1.29, 1.82) is 0 Å².